The van der Waals surface area contributed by atoms with Gasteiger partial charge in [-0.05, 0) is 66.9 Å². The predicted octanol–water partition coefficient (Wildman–Crippen LogP) is 4.55. The van der Waals surface area contributed by atoms with Gasteiger partial charge in [0.25, 0.3) is 5.91 Å². The summed E-state index contributed by atoms with van der Waals surface area (Å²) in [4.78, 5) is 12.8. The van der Waals surface area contributed by atoms with E-state index in [0.29, 0.717) is 30.0 Å². The summed E-state index contributed by atoms with van der Waals surface area (Å²) in [6, 6.07) is 17.5. The van der Waals surface area contributed by atoms with E-state index in [1.54, 1.807) is 54.6 Å². The van der Waals surface area contributed by atoms with Crippen LogP contribution in [0.15, 0.2) is 71.6 Å². The highest BCUT2D eigenvalue weighted by molar-refractivity contribution is 7.92. The van der Waals surface area contributed by atoms with Crippen LogP contribution in [0, 0.1) is 0 Å². The van der Waals surface area contributed by atoms with Crippen molar-refractivity contribution in [2.24, 2.45) is 0 Å². The largest absolute Gasteiger partial charge is 0.492 e. The molecule has 13 heteroatoms. The third-order valence-corrected chi connectivity index (χ3v) is 10.2. The Labute approximate surface area is 244 Å². The Morgan fingerprint density at radius 3 is 2.23 bits per heavy atom. The van der Waals surface area contributed by atoms with Gasteiger partial charge in [-0.2, -0.15) is 4.31 Å². The summed E-state index contributed by atoms with van der Waals surface area (Å²) >= 11 is 12.3. The van der Waals surface area contributed by atoms with Gasteiger partial charge in [-0.25, -0.2) is 16.8 Å². The summed E-state index contributed by atoms with van der Waals surface area (Å²) in [6.07, 6.45) is 2.83. The van der Waals surface area contributed by atoms with Gasteiger partial charge in [-0.1, -0.05) is 41.4 Å². The van der Waals surface area contributed by atoms with Crippen LogP contribution in [0.1, 0.15) is 28.8 Å². The van der Waals surface area contributed by atoms with Gasteiger partial charge in [0, 0.05) is 18.7 Å². The van der Waals surface area contributed by atoms with Gasteiger partial charge in [0.2, 0.25) is 20.0 Å². The van der Waals surface area contributed by atoms with Gasteiger partial charge in [-0.15, -0.1) is 0 Å². The SMILES string of the molecule is CS(=O)(=O)N(Cc1ccc(C(=O)NCCOc2ccc(S(=O)(=O)N3CCCC3)cc2)cc1)c1cccc(Cl)c1Cl. The van der Waals surface area contributed by atoms with E-state index >= 15 is 0 Å². The summed E-state index contributed by atoms with van der Waals surface area (Å²) in [7, 11) is -7.15. The molecular formula is C27H29Cl2N3O6S2. The number of carbonyl (C=O) groups excluding carboxylic acids is 1. The first-order valence-electron chi connectivity index (χ1n) is 12.5. The lowest BCUT2D eigenvalue weighted by Gasteiger charge is -2.24. The maximum atomic E-state index is 12.6. The molecule has 214 valence electrons. The zero-order valence-corrected chi connectivity index (χ0v) is 24.9. The molecule has 40 heavy (non-hydrogen) atoms. The second-order valence-corrected chi connectivity index (χ2v) is 13.9. The average Bonchev–Trinajstić information content (AvgIpc) is 3.48. The number of benzene rings is 3. The number of rotatable bonds is 11. The van der Waals surface area contributed by atoms with Crippen molar-refractivity contribution in [2.45, 2.75) is 24.3 Å². The highest BCUT2D eigenvalue weighted by Crippen LogP contribution is 2.34. The van der Waals surface area contributed by atoms with Crippen molar-refractivity contribution >= 4 is 54.8 Å². The van der Waals surface area contributed by atoms with Crippen LogP contribution in [0.3, 0.4) is 0 Å². The minimum Gasteiger partial charge on any atom is -0.492 e. The van der Waals surface area contributed by atoms with Crippen LogP contribution in [0.2, 0.25) is 10.0 Å². The van der Waals surface area contributed by atoms with E-state index in [1.165, 1.54) is 16.4 Å². The standard InChI is InChI=1S/C27H29Cl2N3O6S2/c1-39(34,35)32(25-6-4-5-24(28)26(25)29)19-20-7-9-21(10-8-20)27(33)30-15-18-38-22-11-13-23(14-12-22)40(36,37)31-16-2-3-17-31/h4-14H,2-3,15-19H2,1H3,(H,30,33). The molecule has 0 spiro atoms. The van der Waals surface area contributed by atoms with E-state index in [1.807, 2.05) is 0 Å². The number of ether oxygens (including phenoxy) is 1. The smallest absolute Gasteiger partial charge is 0.251 e. The van der Waals surface area contributed by atoms with E-state index in [-0.39, 0.29) is 46.2 Å². The van der Waals surface area contributed by atoms with Crippen LogP contribution in [-0.2, 0) is 26.6 Å². The van der Waals surface area contributed by atoms with Gasteiger partial charge in [-0.3, -0.25) is 9.10 Å². The second-order valence-electron chi connectivity index (χ2n) is 9.23. The topological polar surface area (TPSA) is 113 Å². The Hall–Kier alpha value is -2.83. The average molecular weight is 627 g/mol. The zero-order valence-electron chi connectivity index (χ0n) is 21.7. The third-order valence-electron chi connectivity index (χ3n) is 6.33. The number of nitrogens with zero attached hydrogens (tertiary/aromatic N) is 2. The fraction of sp³-hybridized carbons (Fsp3) is 0.296. The highest BCUT2D eigenvalue weighted by Gasteiger charge is 2.27. The summed E-state index contributed by atoms with van der Waals surface area (Å²) in [5, 5.41) is 3.14. The van der Waals surface area contributed by atoms with Crippen LogP contribution >= 0.6 is 23.2 Å². The Morgan fingerprint density at radius 1 is 0.950 bits per heavy atom. The molecular weight excluding hydrogens is 597 g/mol. The molecule has 1 heterocycles. The maximum absolute atomic E-state index is 12.6. The van der Waals surface area contributed by atoms with Crippen LogP contribution in [0.5, 0.6) is 5.75 Å². The van der Waals surface area contributed by atoms with Gasteiger partial charge >= 0.3 is 0 Å². The van der Waals surface area contributed by atoms with Crippen LogP contribution in [-0.4, -0.2) is 59.5 Å². The van der Waals surface area contributed by atoms with Crippen molar-refractivity contribution < 1.29 is 26.4 Å². The monoisotopic (exact) mass is 625 g/mol. The Bertz CT molecular complexity index is 1560. The summed E-state index contributed by atoms with van der Waals surface area (Å²) in [6.45, 7) is 1.50. The van der Waals surface area contributed by atoms with Gasteiger partial charge in [0.1, 0.15) is 12.4 Å². The molecule has 0 aromatic heterocycles. The number of sulfonamides is 2. The molecule has 3 aromatic rings. The number of anilines is 1. The van der Waals surface area contributed by atoms with Crippen molar-refractivity contribution in [3.05, 3.63) is 87.9 Å². The normalized spacial score (nSPS) is 14.2. The first kappa shape index (κ1) is 30.1. The summed E-state index contributed by atoms with van der Waals surface area (Å²) in [5.41, 5.74) is 1.31. The molecule has 1 aliphatic rings. The zero-order chi connectivity index (χ0) is 28.9. The molecule has 1 aliphatic heterocycles. The minimum absolute atomic E-state index is 0.00670. The molecule has 0 radical (unpaired) electrons. The van der Waals surface area contributed by atoms with E-state index < -0.39 is 20.0 Å². The molecule has 1 saturated heterocycles. The predicted molar refractivity (Wildman–Crippen MR) is 156 cm³/mol. The Balaban J connectivity index is 1.29. The number of nitrogens with one attached hydrogen (secondary N) is 1. The summed E-state index contributed by atoms with van der Waals surface area (Å²) in [5.74, 6) is 0.175. The van der Waals surface area contributed by atoms with Crippen LogP contribution < -0.4 is 14.4 Å². The lowest BCUT2D eigenvalue weighted by Crippen LogP contribution is -2.30. The Morgan fingerprint density at radius 2 is 1.60 bits per heavy atom. The molecule has 0 bridgehead atoms. The number of amides is 1. The second kappa shape index (κ2) is 12.8. The first-order chi connectivity index (χ1) is 19.0. The summed E-state index contributed by atoms with van der Waals surface area (Å²) < 4.78 is 58.4. The molecule has 9 nitrogen and oxygen atoms in total. The molecule has 0 saturated carbocycles. The lowest BCUT2D eigenvalue weighted by atomic mass is 10.1. The quantitative estimate of drug-likeness (QED) is 0.313. The van der Waals surface area contributed by atoms with E-state index in [9.17, 15) is 21.6 Å². The van der Waals surface area contributed by atoms with E-state index in [2.05, 4.69) is 5.32 Å². The first-order valence-corrected chi connectivity index (χ1v) is 16.5. The van der Waals surface area contributed by atoms with Crippen molar-refractivity contribution in [1.82, 2.24) is 9.62 Å². The van der Waals surface area contributed by atoms with Gasteiger partial charge in [0.05, 0.1) is 40.0 Å². The van der Waals surface area contributed by atoms with Crippen LogP contribution in [0.4, 0.5) is 5.69 Å². The fourth-order valence-electron chi connectivity index (χ4n) is 4.21. The van der Waals surface area contributed by atoms with Gasteiger partial charge < -0.3 is 10.1 Å². The minimum atomic E-state index is -3.67. The number of hydrogen-bond donors (Lipinski definition) is 1. The highest BCUT2D eigenvalue weighted by atomic mass is 35.5. The maximum Gasteiger partial charge on any atom is 0.251 e. The third kappa shape index (κ3) is 7.27. The van der Waals surface area contributed by atoms with Crippen molar-refractivity contribution in [3.8, 4) is 5.75 Å². The fourth-order valence-corrected chi connectivity index (χ4v) is 7.07. The van der Waals surface area contributed by atoms with Crippen molar-refractivity contribution in [3.63, 3.8) is 0 Å². The Kier molecular flexibility index (Phi) is 9.63. The molecule has 0 aliphatic carbocycles. The molecule has 3 aromatic carbocycles. The molecule has 0 atom stereocenters. The number of carbonyl (C=O) groups is 1. The van der Waals surface area contributed by atoms with Gasteiger partial charge in [0.15, 0.2) is 0 Å². The number of halogens is 2. The van der Waals surface area contributed by atoms with E-state index in [4.69, 9.17) is 27.9 Å². The van der Waals surface area contributed by atoms with Crippen LogP contribution in [0.25, 0.3) is 0 Å². The molecule has 0 unspecified atom stereocenters. The molecule has 1 N–H and O–H groups in total. The number of hydrogen-bond acceptors (Lipinski definition) is 6. The van der Waals surface area contributed by atoms with Crippen molar-refractivity contribution in [2.75, 3.05) is 36.8 Å². The molecule has 1 fully saturated rings. The van der Waals surface area contributed by atoms with E-state index in [0.717, 1.165) is 23.4 Å². The molecule has 1 amide bonds. The molecule has 4 rings (SSSR count). The van der Waals surface area contributed by atoms with Crippen molar-refractivity contribution in [1.29, 1.82) is 0 Å². The lowest BCUT2D eigenvalue weighted by molar-refractivity contribution is 0.0947.